The van der Waals surface area contributed by atoms with Crippen molar-refractivity contribution in [1.82, 2.24) is 15.2 Å². The summed E-state index contributed by atoms with van der Waals surface area (Å²) in [6, 6.07) is 6.49. The number of nitrogens with one attached hydrogen (secondary N) is 1. The van der Waals surface area contributed by atoms with Gasteiger partial charge >= 0.3 is 0 Å². The molecule has 0 amide bonds. The van der Waals surface area contributed by atoms with E-state index in [1.54, 1.807) is 0 Å². The monoisotopic (exact) mass is 258 g/mol. The van der Waals surface area contributed by atoms with E-state index in [0.29, 0.717) is 0 Å². The third kappa shape index (κ3) is 2.55. The minimum absolute atomic E-state index is 0.0210. The van der Waals surface area contributed by atoms with E-state index in [4.69, 9.17) is 5.84 Å². The van der Waals surface area contributed by atoms with E-state index in [-0.39, 0.29) is 6.04 Å². The van der Waals surface area contributed by atoms with Crippen molar-refractivity contribution < 1.29 is 0 Å². The Balaban J connectivity index is 2.56. The van der Waals surface area contributed by atoms with E-state index < -0.39 is 0 Å². The first-order chi connectivity index (χ1) is 8.93. The van der Waals surface area contributed by atoms with Crippen molar-refractivity contribution in [1.29, 1.82) is 0 Å². The van der Waals surface area contributed by atoms with Gasteiger partial charge in [-0.2, -0.15) is 5.10 Å². The fourth-order valence-corrected chi connectivity index (χ4v) is 2.73. The molecule has 102 valence electrons. The van der Waals surface area contributed by atoms with Gasteiger partial charge in [0.15, 0.2) is 0 Å². The average molecular weight is 258 g/mol. The zero-order valence-electron chi connectivity index (χ0n) is 12.3. The number of nitrogens with zero attached hydrogens (tertiary/aromatic N) is 2. The summed E-state index contributed by atoms with van der Waals surface area (Å²) in [7, 11) is 1.96. The Hall–Kier alpha value is -1.65. The molecule has 3 N–H and O–H groups in total. The standard InChI is InChI=1S/C15H22N4/c1-9-6-10(2)8-13(7-9)15(17-16)14-11(3)18-19(5)12(14)4/h6-8,15,17H,16H2,1-5H3. The van der Waals surface area contributed by atoms with E-state index in [1.807, 2.05) is 18.7 Å². The maximum atomic E-state index is 5.80. The highest BCUT2D eigenvalue weighted by Gasteiger charge is 2.21. The number of aryl methyl sites for hydroxylation is 4. The Kier molecular flexibility index (Phi) is 3.73. The van der Waals surface area contributed by atoms with Crippen molar-refractivity contribution in [3.05, 3.63) is 51.8 Å². The third-order valence-corrected chi connectivity index (χ3v) is 3.60. The number of hydrogen-bond acceptors (Lipinski definition) is 3. The van der Waals surface area contributed by atoms with Crippen LogP contribution >= 0.6 is 0 Å². The van der Waals surface area contributed by atoms with Gasteiger partial charge in [-0.05, 0) is 33.3 Å². The molecule has 1 heterocycles. The molecular formula is C15H22N4. The van der Waals surface area contributed by atoms with Gasteiger partial charge in [0.2, 0.25) is 0 Å². The molecule has 0 bridgehead atoms. The van der Waals surface area contributed by atoms with Crippen LogP contribution in [0.4, 0.5) is 0 Å². The summed E-state index contributed by atoms with van der Waals surface area (Å²) in [5.41, 5.74) is 9.92. The molecule has 4 nitrogen and oxygen atoms in total. The lowest BCUT2D eigenvalue weighted by molar-refractivity contribution is 0.627. The molecule has 0 saturated carbocycles. The molecule has 0 aliphatic rings. The van der Waals surface area contributed by atoms with Crippen LogP contribution in [0.2, 0.25) is 0 Å². The maximum absolute atomic E-state index is 5.80. The molecule has 0 spiro atoms. The van der Waals surface area contributed by atoms with E-state index >= 15 is 0 Å². The zero-order valence-corrected chi connectivity index (χ0v) is 12.3. The molecular weight excluding hydrogens is 236 g/mol. The largest absolute Gasteiger partial charge is 0.272 e. The van der Waals surface area contributed by atoms with Crippen LogP contribution in [0.15, 0.2) is 18.2 Å². The van der Waals surface area contributed by atoms with Crippen LogP contribution < -0.4 is 11.3 Å². The second kappa shape index (κ2) is 5.15. The SMILES string of the molecule is Cc1cc(C)cc(C(NN)c2c(C)nn(C)c2C)c1. The Labute approximate surface area is 114 Å². The molecule has 0 saturated heterocycles. The van der Waals surface area contributed by atoms with Gasteiger partial charge in [-0.3, -0.25) is 10.5 Å². The first-order valence-corrected chi connectivity index (χ1v) is 6.48. The van der Waals surface area contributed by atoms with E-state index in [1.165, 1.54) is 16.7 Å². The van der Waals surface area contributed by atoms with Gasteiger partial charge in [-0.25, -0.2) is 5.43 Å². The second-order valence-corrected chi connectivity index (χ2v) is 5.23. The molecule has 1 atom stereocenters. The minimum atomic E-state index is -0.0210. The summed E-state index contributed by atoms with van der Waals surface area (Å²) in [4.78, 5) is 0. The Morgan fingerprint density at radius 3 is 2.11 bits per heavy atom. The highest BCUT2D eigenvalue weighted by molar-refractivity contribution is 5.40. The molecule has 0 aliphatic heterocycles. The summed E-state index contributed by atoms with van der Waals surface area (Å²) in [5.74, 6) is 5.80. The second-order valence-electron chi connectivity index (χ2n) is 5.23. The number of aromatic nitrogens is 2. The molecule has 4 heteroatoms. The third-order valence-electron chi connectivity index (χ3n) is 3.60. The predicted octanol–water partition coefficient (Wildman–Crippen LogP) is 2.21. The summed E-state index contributed by atoms with van der Waals surface area (Å²) in [6.07, 6.45) is 0. The van der Waals surface area contributed by atoms with Gasteiger partial charge in [-0.15, -0.1) is 0 Å². The van der Waals surface area contributed by atoms with Crippen LogP contribution in [-0.2, 0) is 7.05 Å². The van der Waals surface area contributed by atoms with Crippen molar-refractivity contribution in [3.8, 4) is 0 Å². The normalized spacial score (nSPS) is 12.7. The van der Waals surface area contributed by atoms with Gasteiger partial charge < -0.3 is 0 Å². The molecule has 0 radical (unpaired) electrons. The Morgan fingerprint density at radius 1 is 1.11 bits per heavy atom. The van der Waals surface area contributed by atoms with E-state index in [9.17, 15) is 0 Å². The van der Waals surface area contributed by atoms with Crippen LogP contribution in [0.5, 0.6) is 0 Å². The van der Waals surface area contributed by atoms with Gasteiger partial charge in [0, 0.05) is 18.3 Å². The van der Waals surface area contributed by atoms with E-state index in [2.05, 4.69) is 49.5 Å². The van der Waals surface area contributed by atoms with Crippen LogP contribution in [0, 0.1) is 27.7 Å². The molecule has 1 aromatic carbocycles. The van der Waals surface area contributed by atoms with Crippen molar-refractivity contribution in [3.63, 3.8) is 0 Å². The molecule has 1 unspecified atom stereocenters. The number of rotatable bonds is 3. The molecule has 19 heavy (non-hydrogen) atoms. The van der Waals surface area contributed by atoms with Gasteiger partial charge in [0.05, 0.1) is 11.7 Å². The number of nitrogens with two attached hydrogens (primary N) is 1. The van der Waals surface area contributed by atoms with Crippen LogP contribution in [0.25, 0.3) is 0 Å². The summed E-state index contributed by atoms with van der Waals surface area (Å²) >= 11 is 0. The molecule has 0 aliphatic carbocycles. The summed E-state index contributed by atoms with van der Waals surface area (Å²) in [5, 5.41) is 4.47. The lowest BCUT2D eigenvalue weighted by Gasteiger charge is -2.18. The zero-order chi connectivity index (χ0) is 14.2. The Morgan fingerprint density at radius 2 is 1.68 bits per heavy atom. The van der Waals surface area contributed by atoms with E-state index in [0.717, 1.165) is 17.0 Å². The summed E-state index contributed by atoms with van der Waals surface area (Å²) < 4.78 is 1.90. The van der Waals surface area contributed by atoms with Crippen LogP contribution in [0.3, 0.4) is 0 Å². The quantitative estimate of drug-likeness (QED) is 0.655. The van der Waals surface area contributed by atoms with Crippen molar-refractivity contribution in [2.24, 2.45) is 12.9 Å². The van der Waals surface area contributed by atoms with Crippen LogP contribution in [-0.4, -0.2) is 9.78 Å². The minimum Gasteiger partial charge on any atom is -0.272 e. The van der Waals surface area contributed by atoms with Gasteiger partial charge in [0.25, 0.3) is 0 Å². The molecule has 2 rings (SSSR count). The Bertz CT molecular complexity index is 578. The molecule has 2 aromatic rings. The number of hydrazine groups is 1. The topological polar surface area (TPSA) is 55.9 Å². The fraction of sp³-hybridized carbons (Fsp3) is 0.400. The smallest absolute Gasteiger partial charge is 0.0746 e. The first-order valence-electron chi connectivity index (χ1n) is 6.48. The van der Waals surface area contributed by atoms with Gasteiger partial charge in [-0.1, -0.05) is 29.3 Å². The van der Waals surface area contributed by atoms with Gasteiger partial charge in [0.1, 0.15) is 0 Å². The number of benzene rings is 1. The lowest BCUT2D eigenvalue weighted by atomic mass is 9.95. The predicted molar refractivity (Wildman–Crippen MR) is 77.8 cm³/mol. The first kappa shape index (κ1) is 13.8. The molecule has 1 aromatic heterocycles. The van der Waals surface area contributed by atoms with Crippen molar-refractivity contribution in [2.45, 2.75) is 33.7 Å². The van der Waals surface area contributed by atoms with Crippen LogP contribution in [0.1, 0.15) is 39.7 Å². The average Bonchev–Trinajstić information content (AvgIpc) is 2.56. The number of hydrogen-bond donors (Lipinski definition) is 2. The highest BCUT2D eigenvalue weighted by atomic mass is 15.3. The highest BCUT2D eigenvalue weighted by Crippen LogP contribution is 2.28. The molecule has 0 fully saturated rings. The van der Waals surface area contributed by atoms with Crippen molar-refractivity contribution >= 4 is 0 Å². The fourth-order valence-electron chi connectivity index (χ4n) is 2.73. The lowest BCUT2D eigenvalue weighted by Crippen LogP contribution is -2.29. The van der Waals surface area contributed by atoms with Crippen molar-refractivity contribution in [2.75, 3.05) is 0 Å². The summed E-state index contributed by atoms with van der Waals surface area (Å²) in [6.45, 7) is 8.30. The maximum Gasteiger partial charge on any atom is 0.0746 e.